The van der Waals surface area contributed by atoms with Gasteiger partial charge in [0.05, 0.1) is 18.6 Å². The van der Waals surface area contributed by atoms with E-state index in [9.17, 15) is 13.2 Å². The van der Waals surface area contributed by atoms with Crippen molar-refractivity contribution in [3.05, 3.63) is 89.0 Å². The number of methoxy groups -OCH3 is 1. The molecule has 0 aliphatic carbocycles. The van der Waals surface area contributed by atoms with Crippen molar-refractivity contribution in [3.8, 4) is 5.75 Å². The van der Waals surface area contributed by atoms with Crippen LogP contribution in [0.2, 0.25) is 0 Å². The van der Waals surface area contributed by atoms with Crippen LogP contribution in [-0.2, 0) is 21.4 Å². The highest BCUT2D eigenvalue weighted by Crippen LogP contribution is 2.26. The standard InChI is InChI=1S/C29H35N3O4S/c1-22-9-8-12-27(24(22)3)30-15-17-31(18-16-30)29(33)21-32(20-25-10-6-5-7-11-25)37(34,35)26-13-14-28(36-4)23(2)19-26/h5-14,19H,15-18,20-21H2,1-4H3. The van der Waals surface area contributed by atoms with Gasteiger partial charge in [-0.15, -0.1) is 0 Å². The van der Waals surface area contributed by atoms with Gasteiger partial charge in [0, 0.05) is 38.4 Å². The van der Waals surface area contributed by atoms with Gasteiger partial charge in [-0.05, 0) is 67.3 Å². The lowest BCUT2D eigenvalue weighted by Crippen LogP contribution is -2.52. The minimum absolute atomic E-state index is 0.114. The number of hydrogen-bond donors (Lipinski definition) is 0. The number of carbonyl (C=O) groups is 1. The van der Waals surface area contributed by atoms with Crippen LogP contribution in [0.4, 0.5) is 5.69 Å². The molecule has 1 aliphatic heterocycles. The minimum atomic E-state index is -3.92. The summed E-state index contributed by atoms with van der Waals surface area (Å²) in [5.41, 5.74) is 5.22. The molecule has 3 aromatic rings. The Balaban J connectivity index is 1.52. The van der Waals surface area contributed by atoms with Crippen LogP contribution in [0, 0.1) is 20.8 Å². The molecular formula is C29H35N3O4S. The van der Waals surface area contributed by atoms with E-state index < -0.39 is 10.0 Å². The van der Waals surface area contributed by atoms with E-state index in [4.69, 9.17) is 4.74 Å². The fraction of sp³-hybridized carbons (Fsp3) is 0.345. The van der Waals surface area contributed by atoms with Crippen molar-refractivity contribution in [2.75, 3.05) is 44.7 Å². The molecule has 0 saturated carbocycles. The predicted octanol–water partition coefficient (Wildman–Crippen LogP) is 4.16. The van der Waals surface area contributed by atoms with E-state index in [2.05, 4.69) is 36.9 Å². The first kappa shape index (κ1) is 26.7. The molecule has 0 atom stereocenters. The normalized spacial score (nSPS) is 14.2. The molecule has 0 bridgehead atoms. The SMILES string of the molecule is COc1ccc(S(=O)(=O)N(CC(=O)N2CCN(c3cccc(C)c3C)CC2)Cc2ccccc2)cc1C. The van der Waals surface area contributed by atoms with Gasteiger partial charge in [0.1, 0.15) is 5.75 Å². The molecule has 0 aromatic heterocycles. The minimum Gasteiger partial charge on any atom is -0.496 e. The van der Waals surface area contributed by atoms with Crippen molar-refractivity contribution in [1.82, 2.24) is 9.21 Å². The van der Waals surface area contributed by atoms with E-state index >= 15 is 0 Å². The predicted molar refractivity (Wildman–Crippen MR) is 146 cm³/mol. The Labute approximate surface area is 220 Å². The summed E-state index contributed by atoms with van der Waals surface area (Å²) >= 11 is 0. The molecule has 1 fully saturated rings. The third kappa shape index (κ3) is 5.97. The first-order valence-corrected chi connectivity index (χ1v) is 13.9. The topological polar surface area (TPSA) is 70.2 Å². The maximum Gasteiger partial charge on any atom is 0.243 e. The van der Waals surface area contributed by atoms with Crippen molar-refractivity contribution in [3.63, 3.8) is 0 Å². The molecular weight excluding hydrogens is 486 g/mol. The van der Waals surface area contributed by atoms with E-state index in [1.165, 1.54) is 27.2 Å². The molecule has 0 radical (unpaired) electrons. The fourth-order valence-electron chi connectivity index (χ4n) is 4.70. The number of aryl methyl sites for hydroxylation is 2. The molecule has 4 rings (SSSR count). The van der Waals surface area contributed by atoms with Crippen LogP contribution in [0.15, 0.2) is 71.6 Å². The first-order valence-electron chi connectivity index (χ1n) is 12.5. The van der Waals surface area contributed by atoms with Crippen molar-refractivity contribution < 1.29 is 17.9 Å². The molecule has 37 heavy (non-hydrogen) atoms. The Morgan fingerprint density at radius 1 is 0.892 bits per heavy atom. The lowest BCUT2D eigenvalue weighted by atomic mass is 10.1. The summed E-state index contributed by atoms with van der Waals surface area (Å²) < 4.78 is 34.0. The maximum atomic E-state index is 13.7. The fourth-order valence-corrected chi connectivity index (χ4v) is 6.16. The van der Waals surface area contributed by atoms with Crippen molar-refractivity contribution >= 4 is 21.6 Å². The first-order chi connectivity index (χ1) is 17.7. The van der Waals surface area contributed by atoms with Gasteiger partial charge < -0.3 is 14.5 Å². The molecule has 196 valence electrons. The van der Waals surface area contributed by atoms with Gasteiger partial charge in [-0.3, -0.25) is 4.79 Å². The van der Waals surface area contributed by atoms with Crippen molar-refractivity contribution in [1.29, 1.82) is 0 Å². The van der Waals surface area contributed by atoms with Crippen LogP contribution >= 0.6 is 0 Å². The van der Waals surface area contributed by atoms with Gasteiger partial charge in [0.2, 0.25) is 15.9 Å². The molecule has 8 heteroatoms. The van der Waals surface area contributed by atoms with E-state index in [0.717, 1.165) is 11.1 Å². The smallest absolute Gasteiger partial charge is 0.243 e. The molecule has 0 spiro atoms. The summed E-state index contributed by atoms with van der Waals surface area (Å²) in [5.74, 6) is 0.428. The van der Waals surface area contributed by atoms with Crippen LogP contribution in [0.1, 0.15) is 22.3 Å². The summed E-state index contributed by atoms with van der Waals surface area (Å²) in [4.78, 5) is 17.6. The van der Waals surface area contributed by atoms with E-state index in [1.807, 2.05) is 30.3 Å². The average Bonchev–Trinajstić information content (AvgIpc) is 2.90. The molecule has 3 aromatic carbocycles. The second-order valence-corrected chi connectivity index (χ2v) is 11.4. The van der Waals surface area contributed by atoms with E-state index in [1.54, 1.807) is 31.1 Å². The van der Waals surface area contributed by atoms with Gasteiger partial charge in [-0.25, -0.2) is 8.42 Å². The molecule has 0 N–H and O–H groups in total. The summed E-state index contributed by atoms with van der Waals surface area (Å²) in [6.07, 6.45) is 0. The van der Waals surface area contributed by atoms with Crippen molar-refractivity contribution in [2.24, 2.45) is 0 Å². The number of hydrogen-bond acceptors (Lipinski definition) is 5. The van der Waals surface area contributed by atoms with Crippen LogP contribution in [0.25, 0.3) is 0 Å². The summed E-state index contributed by atoms with van der Waals surface area (Å²) in [6.45, 7) is 8.44. The third-order valence-corrected chi connectivity index (χ3v) is 8.85. The summed E-state index contributed by atoms with van der Waals surface area (Å²) in [6, 6.07) is 20.4. The lowest BCUT2D eigenvalue weighted by molar-refractivity contribution is -0.131. The maximum absolute atomic E-state index is 13.7. The van der Waals surface area contributed by atoms with Gasteiger partial charge in [-0.2, -0.15) is 4.31 Å². The molecule has 0 unspecified atom stereocenters. The highest BCUT2D eigenvalue weighted by atomic mass is 32.2. The Morgan fingerprint density at radius 2 is 1.59 bits per heavy atom. The van der Waals surface area contributed by atoms with Gasteiger partial charge in [0.15, 0.2) is 0 Å². The molecule has 1 heterocycles. The van der Waals surface area contributed by atoms with Gasteiger partial charge >= 0.3 is 0 Å². The molecule has 1 amide bonds. The van der Waals surface area contributed by atoms with Crippen LogP contribution in [-0.4, -0.2) is 63.4 Å². The third-order valence-electron chi connectivity index (χ3n) is 7.07. The number of amides is 1. The zero-order valence-electron chi connectivity index (χ0n) is 22.0. The molecule has 7 nitrogen and oxygen atoms in total. The second-order valence-electron chi connectivity index (χ2n) is 9.48. The van der Waals surface area contributed by atoms with Gasteiger partial charge in [0.25, 0.3) is 0 Å². The molecule has 1 aliphatic rings. The van der Waals surface area contributed by atoms with E-state index in [-0.39, 0.29) is 23.9 Å². The number of benzene rings is 3. The lowest BCUT2D eigenvalue weighted by Gasteiger charge is -2.37. The van der Waals surface area contributed by atoms with Crippen LogP contribution < -0.4 is 9.64 Å². The highest BCUT2D eigenvalue weighted by molar-refractivity contribution is 7.89. The summed E-state index contributed by atoms with van der Waals surface area (Å²) in [7, 11) is -2.37. The van der Waals surface area contributed by atoms with Crippen molar-refractivity contribution in [2.45, 2.75) is 32.2 Å². The molecule has 1 saturated heterocycles. The number of nitrogens with zero attached hydrogens (tertiary/aromatic N) is 3. The number of carbonyl (C=O) groups excluding carboxylic acids is 1. The Kier molecular flexibility index (Phi) is 8.19. The zero-order chi connectivity index (χ0) is 26.6. The quantitative estimate of drug-likeness (QED) is 0.445. The number of anilines is 1. The number of rotatable bonds is 8. The number of ether oxygens (including phenoxy) is 1. The van der Waals surface area contributed by atoms with Crippen LogP contribution in [0.5, 0.6) is 5.75 Å². The Morgan fingerprint density at radius 3 is 2.24 bits per heavy atom. The average molecular weight is 522 g/mol. The summed E-state index contributed by atoms with van der Waals surface area (Å²) in [5, 5.41) is 0. The Bertz CT molecular complexity index is 1350. The monoisotopic (exact) mass is 521 g/mol. The largest absolute Gasteiger partial charge is 0.496 e. The van der Waals surface area contributed by atoms with E-state index in [0.29, 0.717) is 31.9 Å². The van der Waals surface area contributed by atoms with Crippen LogP contribution in [0.3, 0.4) is 0 Å². The zero-order valence-corrected chi connectivity index (χ0v) is 22.8. The van der Waals surface area contributed by atoms with Gasteiger partial charge in [-0.1, -0.05) is 42.5 Å². The number of sulfonamides is 1. The second kappa shape index (κ2) is 11.4. The number of piperazine rings is 1. The highest BCUT2D eigenvalue weighted by Gasteiger charge is 2.30. The Hall–Kier alpha value is -3.36.